The number of ether oxygens (including phenoxy) is 3. The molecule has 1 amide bonds. The van der Waals surface area contributed by atoms with Crippen LogP contribution in [0.25, 0.3) is 0 Å². The summed E-state index contributed by atoms with van der Waals surface area (Å²) in [5.41, 5.74) is 7.61. The van der Waals surface area contributed by atoms with Crippen molar-refractivity contribution in [2.24, 2.45) is 5.73 Å². The number of nitrogens with two attached hydrogens (primary N) is 1. The first-order valence-electron chi connectivity index (χ1n) is 7.42. The highest BCUT2D eigenvalue weighted by molar-refractivity contribution is 6.32. The Morgan fingerprint density at radius 2 is 2.00 bits per heavy atom. The van der Waals surface area contributed by atoms with E-state index in [2.05, 4.69) is 0 Å². The summed E-state index contributed by atoms with van der Waals surface area (Å²) in [6.45, 7) is 0.201. The van der Waals surface area contributed by atoms with Gasteiger partial charge in [-0.15, -0.1) is 0 Å². The Bertz CT molecular complexity index is 826. The number of nitrogens with zero attached hydrogens (tertiary/aromatic N) is 1. The minimum atomic E-state index is -0.605. The molecule has 24 heavy (non-hydrogen) atoms. The average molecular weight is 347 g/mol. The third-order valence-corrected chi connectivity index (χ3v) is 4.59. The summed E-state index contributed by atoms with van der Waals surface area (Å²) in [6.07, 6.45) is 0. The summed E-state index contributed by atoms with van der Waals surface area (Å²) in [5.74, 6) is 1.75. The number of carbonyl (C=O) groups excluding carboxylic acids is 1. The highest BCUT2D eigenvalue weighted by atomic mass is 35.5. The fourth-order valence-electron chi connectivity index (χ4n) is 3.06. The molecular formula is C17H15ClN2O4. The van der Waals surface area contributed by atoms with Crippen molar-refractivity contribution < 1.29 is 19.0 Å². The second kappa shape index (κ2) is 5.58. The number of hydrogen-bond acceptors (Lipinski definition) is 5. The molecule has 0 unspecified atom stereocenters. The van der Waals surface area contributed by atoms with Gasteiger partial charge in [-0.25, -0.2) is 0 Å². The van der Waals surface area contributed by atoms with Gasteiger partial charge in [0.05, 0.1) is 18.2 Å². The number of anilines is 1. The number of halogens is 1. The van der Waals surface area contributed by atoms with Crippen LogP contribution in [-0.4, -0.2) is 25.9 Å². The summed E-state index contributed by atoms with van der Waals surface area (Å²) in [4.78, 5) is 13.9. The monoisotopic (exact) mass is 346 g/mol. The summed E-state index contributed by atoms with van der Waals surface area (Å²) < 4.78 is 15.9. The molecule has 1 saturated heterocycles. The van der Waals surface area contributed by atoms with Crippen molar-refractivity contribution in [3.05, 3.63) is 47.0 Å². The SMILES string of the molecule is COc1ccc(N2C(=O)[C@@H](N)[C@H]2c2ccc3c(c2)OCO3)cc1Cl. The van der Waals surface area contributed by atoms with E-state index in [-0.39, 0.29) is 18.7 Å². The van der Waals surface area contributed by atoms with Crippen LogP contribution in [0.15, 0.2) is 36.4 Å². The van der Waals surface area contributed by atoms with Gasteiger partial charge >= 0.3 is 0 Å². The molecule has 7 heteroatoms. The Hall–Kier alpha value is -2.44. The Morgan fingerprint density at radius 3 is 2.75 bits per heavy atom. The standard InChI is InChI=1S/C17H15ClN2O4/c1-22-12-5-3-10(7-11(12)18)20-16(15(19)17(20)21)9-2-4-13-14(6-9)24-8-23-13/h2-7,15-16H,8,19H2,1H3/t15-,16+/m0/s1. The van der Waals surface area contributed by atoms with Crippen LogP contribution < -0.4 is 24.8 Å². The molecule has 2 aromatic carbocycles. The minimum Gasteiger partial charge on any atom is -0.495 e. The number of β-lactam (4-membered cyclic amide) rings is 1. The second-order valence-electron chi connectivity index (χ2n) is 5.61. The number of rotatable bonds is 3. The van der Waals surface area contributed by atoms with Gasteiger partial charge in [0.1, 0.15) is 11.8 Å². The van der Waals surface area contributed by atoms with Crippen LogP contribution in [0.5, 0.6) is 17.2 Å². The topological polar surface area (TPSA) is 74.0 Å². The quantitative estimate of drug-likeness (QED) is 0.864. The van der Waals surface area contributed by atoms with Gasteiger partial charge in [-0.2, -0.15) is 0 Å². The van der Waals surface area contributed by atoms with Crippen molar-refractivity contribution in [2.45, 2.75) is 12.1 Å². The minimum absolute atomic E-state index is 0.154. The molecule has 1 fully saturated rings. The molecule has 2 heterocycles. The lowest BCUT2D eigenvalue weighted by molar-refractivity contribution is -0.126. The van der Waals surface area contributed by atoms with Gasteiger partial charge < -0.3 is 24.8 Å². The maximum atomic E-state index is 12.3. The van der Waals surface area contributed by atoms with E-state index in [1.54, 1.807) is 30.2 Å². The highest BCUT2D eigenvalue weighted by Crippen LogP contribution is 2.43. The number of benzene rings is 2. The number of methoxy groups -OCH3 is 1. The zero-order valence-corrected chi connectivity index (χ0v) is 13.6. The first-order valence-corrected chi connectivity index (χ1v) is 7.79. The van der Waals surface area contributed by atoms with Gasteiger partial charge in [-0.3, -0.25) is 4.79 Å². The number of amides is 1. The van der Waals surface area contributed by atoms with E-state index < -0.39 is 6.04 Å². The lowest BCUT2D eigenvalue weighted by atomic mass is 9.88. The molecule has 0 spiro atoms. The van der Waals surface area contributed by atoms with Crippen LogP contribution in [0.4, 0.5) is 5.69 Å². The third-order valence-electron chi connectivity index (χ3n) is 4.29. The Labute approximate surface area is 143 Å². The van der Waals surface area contributed by atoms with Gasteiger partial charge in [-0.05, 0) is 35.9 Å². The number of hydrogen-bond donors (Lipinski definition) is 1. The molecule has 0 aliphatic carbocycles. The Balaban J connectivity index is 1.70. The van der Waals surface area contributed by atoms with E-state index in [9.17, 15) is 4.79 Å². The van der Waals surface area contributed by atoms with E-state index in [1.807, 2.05) is 18.2 Å². The summed E-state index contributed by atoms with van der Waals surface area (Å²) >= 11 is 6.18. The van der Waals surface area contributed by atoms with Crippen molar-refractivity contribution in [2.75, 3.05) is 18.8 Å². The average Bonchev–Trinajstić information content (AvgIpc) is 3.06. The van der Waals surface area contributed by atoms with Gasteiger partial charge in [0.2, 0.25) is 12.7 Å². The van der Waals surface area contributed by atoms with E-state index in [0.717, 1.165) is 5.56 Å². The third kappa shape index (κ3) is 2.18. The summed E-state index contributed by atoms with van der Waals surface area (Å²) in [6, 6.07) is 9.90. The number of fused-ring (bicyclic) bond motifs is 1. The largest absolute Gasteiger partial charge is 0.495 e. The first-order chi connectivity index (χ1) is 11.6. The first kappa shape index (κ1) is 15.1. The highest BCUT2D eigenvalue weighted by Gasteiger charge is 2.47. The van der Waals surface area contributed by atoms with Crippen LogP contribution in [0.2, 0.25) is 5.02 Å². The zero-order valence-electron chi connectivity index (χ0n) is 12.9. The van der Waals surface area contributed by atoms with Gasteiger partial charge in [0.15, 0.2) is 11.5 Å². The zero-order chi connectivity index (χ0) is 16.8. The molecule has 0 saturated carbocycles. The molecule has 2 N–H and O–H groups in total. The van der Waals surface area contributed by atoms with E-state index in [4.69, 9.17) is 31.5 Å². The van der Waals surface area contributed by atoms with E-state index in [0.29, 0.717) is 28.0 Å². The molecule has 124 valence electrons. The molecule has 0 bridgehead atoms. The Kier molecular flexibility index (Phi) is 3.51. The normalized spacial score (nSPS) is 21.6. The second-order valence-corrected chi connectivity index (χ2v) is 6.02. The van der Waals surface area contributed by atoms with Gasteiger partial charge in [0, 0.05) is 5.69 Å². The van der Waals surface area contributed by atoms with Crippen molar-refractivity contribution in [3.63, 3.8) is 0 Å². The predicted octanol–water partition coefficient (Wildman–Crippen LogP) is 2.49. The lowest BCUT2D eigenvalue weighted by Gasteiger charge is -2.45. The molecule has 0 radical (unpaired) electrons. The van der Waals surface area contributed by atoms with Crippen LogP contribution in [0.1, 0.15) is 11.6 Å². The lowest BCUT2D eigenvalue weighted by Crippen LogP contribution is -2.63. The van der Waals surface area contributed by atoms with Crippen LogP contribution in [0, 0.1) is 0 Å². The molecule has 2 atom stereocenters. The van der Waals surface area contributed by atoms with Crippen molar-refractivity contribution >= 4 is 23.2 Å². The maximum Gasteiger partial charge on any atom is 0.247 e. The molecule has 4 rings (SSSR count). The van der Waals surface area contributed by atoms with Crippen LogP contribution in [0.3, 0.4) is 0 Å². The number of carbonyl (C=O) groups is 1. The van der Waals surface area contributed by atoms with Gasteiger partial charge in [0.25, 0.3) is 0 Å². The molecule has 2 aromatic rings. The smallest absolute Gasteiger partial charge is 0.247 e. The molecule has 6 nitrogen and oxygen atoms in total. The predicted molar refractivity (Wildman–Crippen MR) is 88.8 cm³/mol. The summed E-state index contributed by atoms with van der Waals surface area (Å²) in [5, 5.41) is 0.438. The van der Waals surface area contributed by atoms with Crippen molar-refractivity contribution in [1.29, 1.82) is 0 Å². The Morgan fingerprint density at radius 1 is 1.21 bits per heavy atom. The van der Waals surface area contributed by atoms with E-state index >= 15 is 0 Å². The molecule has 0 aromatic heterocycles. The summed E-state index contributed by atoms with van der Waals surface area (Å²) in [7, 11) is 1.54. The van der Waals surface area contributed by atoms with Gasteiger partial charge in [-0.1, -0.05) is 17.7 Å². The molecule has 2 aliphatic heterocycles. The van der Waals surface area contributed by atoms with Crippen molar-refractivity contribution in [3.8, 4) is 17.2 Å². The molecule has 2 aliphatic rings. The molecular weight excluding hydrogens is 332 g/mol. The van der Waals surface area contributed by atoms with Crippen molar-refractivity contribution in [1.82, 2.24) is 0 Å². The van der Waals surface area contributed by atoms with E-state index in [1.165, 1.54) is 0 Å². The van der Waals surface area contributed by atoms with Crippen LogP contribution >= 0.6 is 11.6 Å². The maximum absolute atomic E-state index is 12.3. The van der Waals surface area contributed by atoms with Crippen LogP contribution in [-0.2, 0) is 4.79 Å². The fraction of sp³-hybridized carbons (Fsp3) is 0.235. The fourth-order valence-corrected chi connectivity index (χ4v) is 3.31.